The van der Waals surface area contributed by atoms with Crippen molar-refractivity contribution >= 4 is 27.9 Å². The quantitative estimate of drug-likeness (QED) is 0.836. The van der Waals surface area contributed by atoms with E-state index in [1.54, 1.807) is 6.07 Å². The molecule has 0 fully saturated rings. The Labute approximate surface area is 120 Å². The van der Waals surface area contributed by atoms with Gasteiger partial charge in [0.2, 0.25) is 0 Å². The van der Waals surface area contributed by atoms with Crippen molar-refractivity contribution in [1.82, 2.24) is 0 Å². The molecule has 19 heavy (non-hydrogen) atoms. The third kappa shape index (κ3) is 4.06. The maximum Gasteiger partial charge on any atom is 0.339 e. The van der Waals surface area contributed by atoms with Crippen LogP contribution in [0, 0.1) is 5.92 Å². The van der Waals surface area contributed by atoms with E-state index in [1.165, 1.54) is 12.1 Å². The summed E-state index contributed by atoms with van der Waals surface area (Å²) in [5.74, 6) is -1.55. The van der Waals surface area contributed by atoms with E-state index in [0.717, 1.165) is 0 Å². The molecule has 5 heteroatoms. The van der Waals surface area contributed by atoms with Gasteiger partial charge in [-0.2, -0.15) is 0 Å². The normalized spacial score (nSPS) is 12.3. The molecule has 0 aliphatic heterocycles. The number of carbonyl (C=O) groups is 2. The van der Waals surface area contributed by atoms with Gasteiger partial charge in [-0.25, -0.2) is 9.59 Å². The molecule has 1 unspecified atom stereocenters. The van der Waals surface area contributed by atoms with Gasteiger partial charge in [0.1, 0.15) is 6.10 Å². The monoisotopic (exact) mass is 328 g/mol. The van der Waals surface area contributed by atoms with Crippen molar-refractivity contribution in [1.29, 1.82) is 0 Å². The Morgan fingerprint density at radius 1 is 1.32 bits per heavy atom. The number of carboxylic acid groups (broad SMARTS) is 1. The lowest BCUT2D eigenvalue weighted by Gasteiger charge is -2.20. The lowest BCUT2D eigenvalue weighted by molar-refractivity contribution is 0.0169. The van der Waals surface area contributed by atoms with Crippen molar-refractivity contribution in [3.05, 3.63) is 33.8 Å². The van der Waals surface area contributed by atoms with E-state index in [1.807, 2.05) is 20.8 Å². The second-order valence-corrected chi connectivity index (χ2v) is 5.51. The predicted octanol–water partition coefficient (Wildman–Crippen LogP) is 3.74. The summed E-state index contributed by atoms with van der Waals surface area (Å²) in [6.07, 6.45) is 0.486. The van der Waals surface area contributed by atoms with Gasteiger partial charge >= 0.3 is 11.9 Å². The van der Waals surface area contributed by atoms with Crippen molar-refractivity contribution in [2.24, 2.45) is 5.92 Å². The highest BCUT2D eigenvalue weighted by atomic mass is 79.9. The van der Waals surface area contributed by atoms with Crippen LogP contribution in [0.1, 0.15) is 47.9 Å². The Morgan fingerprint density at radius 2 is 1.95 bits per heavy atom. The largest absolute Gasteiger partial charge is 0.478 e. The van der Waals surface area contributed by atoms with E-state index in [-0.39, 0.29) is 23.1 Å². The Bertz CT molecular complexity index is 482. The zero-order valence-corrected chi connectivity index (χ0v) is 12.7. The summed E-state index contributed by atoms with van der Waals surface area (Å²) >= 11 is 3.19. The Hall–Kier alpha value is -1.36. The number of carbonyl (C=O) groups excluding carboxylic acids is 1. The highest BCUT2D eigenvalue weighted by Crippen LogP contribution is 2.20. The van der Waals surface area contributed by atoms with E-state index in [4.69, 9.17) is 9.84 Å². The Balaban J connectivity index is 3.03. The van der Waals surface area contributed by atoms with Crippen LogP contribution in [0.15, 0.2) is 22.7 Å². The van der Waals surface area contributed by atoms with E-state index in [9.17, 15) is 9.59 Å². The maximum atomic E-state index is 12.1. The molecule has 1 aromatic carbocycles. The molecular formula is C14H17BrO4. The standard InChI is InChI=1S/C14H17BrO4/c1-4-12(8(2)3)19-14(18)10-6-5-9(15)7-11(10)13(16)17/h5-8,12H,4H2,1-3H3,(H,16,17). The fourth-order valence-corrected chi connectivity index (χ4v) is 2.12. The molecule has 1 N–H and O–H groups in total. The first kappa shape index (κ1) is 15.7. The molecule has 1 atom stereocenters. The van der Waals surface area contributed by atoms with Crippen LogP contribution < -0.4 is 0 Å². The van der Waals surface area contributed by atoms with Crippen LogP contribution in [0.25, 0.3) is 0 Å². The van der Waals surface area contributed by atoms with Gasteiger partial charge in [-0.05, 0) is 30.5 Å². The second kappa shape index (κ2) is 6.70. The van der Waals surface area contributed by atoms with E-state index >= 15 is 0 Å². The van der Waals surface area contributed by atoms with Crippen molar-refractivity contribution in [3.8, 4) is 0 Å². The number of aromatic carboxylic acids is 1. The number of benzene rings is 1. The number of hydrogen-bond donors (Lipinski definition) is 1. The van der Waals surface area contributed by atoms with Gasteiger partial charge in [0.05, 0.1) is 11.1 Å². The summed E-state index contributed by atoms with van der Waals surface area (Å²) in [5.41, 5.74) is 0.0211. The first-order valence-corrected chi connectivity index (χ1v) is 6.90. The number of halogens is 1. The SMILES string of the molecule is CCC(OC(=O)c1ccc(Br)cc1C(=O)O)C(C)C. The van der Waals surface area contributed by atoms with Gasteiger partial charge in [0.15, 0.2) is 0 Å². The van der Waals surface area contributed by atoms with E-state index < -0.39 is 11.9 Å². The van der Waals surface area contributed by atoms with Gasteiger partial charge in [-0.15, -0.1) is 0 Å². The minimum absolute atomic E-state index is 0.0574. The summed E-state index contributed by atoms with van der Waals surface area (Å²) in [6.45, 7) is 5.85. The molecule has 0 saturated heterocycles. The molecule has 1 rings (SSSR count). The van der Waals surface area contributed by atoms with Crippen molar-refractivity contribution < 1.29 is 19.4 Å². The van der Waals surface area contributed by atoms with Crippen LogP contribution >= 0.6 is 15.9 Å². The topological polar surface area (TPSA) is 63.6 Å². The van der Waals surface area contributed by atoms with Crippen LogP contribution in [0.5, 0.6) is 0 Å². The molecule has 4 nitrogen and oxygen atoms in total. The summed E-state index contributed by atoms with van der Waals surface area (Å²) in [6, 6.07) is 4.48. The molecular weight excluding hydrogens is 312 g/mol. The van der Waals surface area contributed by atoms with Gasteiger partial charge in [0, 0.05) is 4.47 Å². The maximum absolute atomic E-state index is 12.1. The molecule has 0 amide bonds. The summed E-state index contributed by atoms with van der Waals surface area (Å²) < 4.78 is 5.97. The third-order valence-electron chi connectivity index (χ3n) is 2.84. The Kier molecular flexibility index (Phi) is 5.54. The summed E-state index contributed by atoms with van der Waals surface area (Å²) in [7, 11) is 0. The average Bonchev–Trinajstić information content (AvgIpc) is 2.34. The van der Waals surface area contributed by atoms with Gasteiger partial charge in [-0.3, -0.25) is 0 Å². The minimum atomic E-state index is -1.15. The Morgan fingerprint density at radius 3 is 2.42 bits per heavy atom. The highest BCUT2D eigenvalue weighted by molar-refractivity contribution is 9.10. The molecule has 0 radical (unpaired) electrons. The smallest absolute Gasteiger partial charge is 0.339 e. The fourth-order valence-electron chi connectivity index (χ4n) is 1.76. The van der Waals surface area contributed by atoms with Crippen LogP contribution in [-0.2, 0) is 4.74 Å². The zero-order chi connectivity index (χ0) is 14.6. The number of rotatable bonds is 5. The summed E-state index contributed by atoms with van der Waals surface area (Å²) in [4.78, 5) is 23.2. The van der Waals surface area contributed by atoms with Crippen LogP contribution in [0.3, 0.4) is 0 Å². The zero-order valence-electron chi connectivity index (χ0n) is 11.1. The van der Waals surface area contributed by atoms with Crippen LogP contribution in [0.2, 0.25) is 0 Å². The number of hydrogen-bond acceptors (Lipinski definition) is 3. The molecule has 0 spiro atoms. The first-order valence-electron chi connectivity index (χ1n) is 6.10. The highest BCUT2D eigenvalue weighted by Gasteiger charge is 2.22. The number of carboxylic acids is 1. The van der Waals surface area contributed by atoms with Gasteiger partial charge in [0.25, 0.3) is 0 Å². The molecule has 0 aromatic heterocycles. The van der Waals surface area contributed by atoms with Crippen molar-refractivity contribution in [2.45, 2.75) is 33.3 Å². The van der Waals surface area contributed by atoms with Crippen molar-refractivity contribution in [2.75, 3.05) is 0 Å². The number of ether oxygens (including phenoxy) is 1. The van der Waals surface area contributed by atoms with Crippen LogP contribution in [-0.4, -0.2) is 23.1 Å². The predicted molar refractivity (Wildman–Crippen MR) is 75.4 cm³/mol. The number of esters is 1. The van der Waals surface area contributed by atoms with E-state index in [2.05, 4.69) is 15.9 Å². The lowest BCUT2D eigenvalue weighted by atomic mass is 10.0. The molecule has 0 aliphatic rings. The second-order valence-electron chi connectivity index (χ2n) is 4.59. The van der Waals surface area contributed by atoms with Gasteiger partial charge in [-0.1, -0.05) is 36.7 Å². The lowest BCUT2D eigenvalue weighted by Crippen LogP contribution is -2.24. The average molecular weight is 329 g/mol. The third-order valence-corrected chi connectivity index (χ3v) is 3.33. The minimum Gasteiger partial charge on any atom is -0.478 e. The molecule has 104 valence electrons. The molecule has 0 heterocycles. The molecule has 0 saturated carbocycles. The molecule has 1 aromatic rings. The van der Waals surface area contributed by atoms with Crippen LogP contribution in [0.4, 0.5) is 0 Å². The molecule has 0 bridgehead atoms. The van der Waals surface area contributed by atoms with Gasteiger partial charge < -0.3 is 9.84 Å². The fraction of sp³-hybridized carbons (Fsp3) is 0.429. The first-order chi connectivity index (χ1) is 8.86. The molecule has 0 aliphatic carbocycles. The summed E-state index contributed by atoms with van der Waals surface area (Å²) in [5, 5.41) is 9.11. The van der Waals surface area contributed by atoms with E-state index in [0.29, 0.717) is 10.9 Å². The van der Waals surface area contributed by atoms with Crippen molar-refractivity contribution in [3.63, 3.8) is 0 Å².